The molecule has 21 heavy (non-hydrogen) atoms. The molecule has 6 atom stereocenters. The van der Waals surface area contributed by atoms with Gasteiger partial charge in [-0.05, 0) is 50.4 Å². The van der Waals surface area contributed by atoms with Gasteiger partial charge in [-0.1, -0.05) is 6.42 Å². The van der Waals surface area contributed by atoms with Crippen LogP contribution in [0.1, 0.15) is 44.9 Å². The summed E-state index contributed by atoms with van der Waals surface area (Å²) in [6.07, 6.45) is 0.365. The van der Waals surface area contributed by atoms with Crippen LogP contribution in [0.2, 0.25) is 0 Å². The van der Waals surface area contributed by atoms with Crippen LogP contribution < -0.4 is 11.1 Å². The highest BCUT2D eigenvalue weighted by Crippen LogP contribution is 2.48. The summed E-state index contributed by atoms with van der Waals surface area (Å²) in [6.45, 7) is 0. The van der Waals surface area contributed by atoms with Crippen LogP contribution in [0.25, 0.3) is 0 Å². The first-order chi connectivity index (χ1) is 9.86. The SMILES string of the molecule is NC1C2CCC(C2)C1C(=O)NC1CCCC(C(F)(F)F)C1. The number of carbonyl (C=O) groups excluding carboxylic acids is 1. The average molecular weight is 304 g/mol. The van der Waals surface area contributed by atoms with Gasteiger partial charge in [-0.2, -0.15) is 13.2 Å². The van der Waals surface area contributed by atoms with Crippen LogP contribution in [0.5, 0.6) is 0 Å². The van der Waals surface area contributed by atoms with Crippen molar-refractivity contribution in [3.05, 3.63) is 0 Å². The van der Waals surface area contributed by atoms with E-state index in [0.29, 0.717) is 24.7 Å². The number of amides is 1. The Hall–Kier alpha value is -0.780. The van der Waals surface area contributed by atoms with Crippen LogP contribution in [0, 0.1) is 23.7 Å². The molecule has 0 aromatic rings. The van der Waals surface area contributed by atoms with Crippen LogP contribution in [0.3, 0.4) is 0 Å². The Bertz CT molecular complexity index is 410. The minimum atomic E-state index is -4.15. The van der Waals surface area contributed by atoms with Crippen molar-refractivity contribution in [1.82, 2.24) is 5.32 Å². The molecule has 6 heteroatoms. The highest BCUT2D eigenvalue weighted by atomic mass is 19.4. The summed E-state index contributed by atoms with van der Waals surface area (Å²) in [4.78, 5) is 12.4. The maximum absolute atomic E-state index is 12.8. The Balaban J connectivity index is 1.58. The molecule has 0 radical (unpaired) electrons. The van der Waals surface area contributed by atoms with E-state index < -0.39 is 12.1 Å². The summed E-state index contributed by atoms with van der Waals surface area (Å²) in [5.74, 6) is -0.796. The second-order valence-electron chi connectivity index (χ2n) is 7.05. The molecule has 1 amide bonds. The van der Waals surface area contributed by atoms with E-state index in [9.17, 15) is 18.0 Å². The van der Waals surface area contributed by atoms with Gasteiger partial charge in [0.1, 0.15) is 0 Å². The monoisotopic (exact) mass is 304 g/mol. The summed E-state index contributed by atoms with van der Waals surface area (Å²) in [5.41, 5.74) is 6.13. The number of fused-ring (bicyclic) bond motifs is 2. The minimum Gasteiger partial charge on any atom is -0.353 e. The molecule has 0 aromatic carbocycles. The van der Waals surface area contributed by atoms with Crippen molar-refractivity contribution in [1.29, 1.82) is 0 Å². The van der Waals surface area contributed by atoms with E-state index in [2.05, 4.69) is 5.32 Å². The molecular weight excluding hydrogens is 281 g/mol. The van der Waals surface area contributed by atoms with Crippen molar-refractivity contribution in [2.24, 2.45) is 29.4 Å². The highest BCUT2D eigenvalue weighted by Gasteiger charge is 2.50. The van der Waals surface area contributed by atoms with Crippen molar-refractivity contribution in [3.8, 4) is 0 Å². The Morgan fingerprint density at radius 2 is 1.76 bits per heavy atom. The zero-order valence-electron chi connectivity index (χ0n) is 12.0. The van der Waals surface area contributed by atoms with Crippen LogP contribution >= 0.6 is 0 Å². The lowest BCUT2D eigenvalue weighted by Crippen LogP contribution is -2.49. The fourth-order valence-electron chi connectivity index (χ4n) is 4.64. The predicted octanol–water partition coefficient (Wildman–Crippen LogP) is 2.60. The summed E-state index contributed by atoms with van der Waals surface area (Å²) in [5, 5.41) is 2.86. The van der Waals surface area contributed by atoms with E-state index in [1.807, 2.05) is 0 Å². The topological polar surface area (TPSA) is 55.1 Å². The molecule has 0 aliphatic heterocycles. The predicted molar refractivity (Wildman–Crippen MR) is 72.2 cm³/mol. The lowest BCUT2D eigenvalue weighted by Gasteiger charge is -2.33. The Morgan fingerprint density at radius 3 is 2.38 bits per heavy atom. The molecule has 3 rings (SSSR count). The van der Waals surface area contributed by atoms with Gasteiger partial charge >= 0.3 is 6.18 Å². The molecule has 0 spiro atoms. The third-order valence-electron chi connectivity index (χ3n) is 5.77. The quantitative estimate of drug-likeness (QED) is 0.824. The number of hydrogen-bond acceptors (Lipinski definition) is 2. The van der Waals surface area contributed by atoms with Gasteiger partial charge in [0.05, 0.1) is 11.8 Å². The molecule has 3 N–H and O–H groups in total. The third-order valence-corrected chi connectivity index (χ3v) is 5.77. The molecule has 0 heterocycles. The first kappa shape index (κ1) is 15.1. The molecule has 3 nitrogen and oxygen atoms in total. The highest BCUT2D eigenvalue weighted by molar-refractivity contribution is 5.80. The maximum Gasteiger partial charge on any atom is 0.391 e. The molecule has 120 valence electrons. The summed E-state index contributed by atoms with van der Waals surface area (Å²) < 4.78 is 38.4. The number of rotatable bonds is 2. The van der Waals surface area contributed by atoms with Gasteiger partial charge in [0.25, 0.3) is 0 Å². The van der Waals surface area contributed by atoms with E-state index in [1.165, 1.54) is 0 Å². The Labute approximate surface area is 122 Å². The summed E-state index contributed by atoms with van der Waals surface area (Å²) in [6, 6.07) is -0.449. The smallest absolute Gasteiger partial charge is 0.353 e. The van der Waals surface area contributed by atoms with Crippen molar-refractivity contribution < 1.29 is 18.0 Å². The van der Waals surface area contributed by atoms with Crippen molar-refractivity contribution in [2.75, 3.05) is 0 Å². The normalized spacial score (nSPS) is 43.0. The molecular formula is C15H23F3N2O. The molecule has 0 saturated heterocycles. The fourth-order valence-corrected chi connectivity index (χ4v) is 4.64. The van der Waals surface area contributed by atoms with E-state index in [4.69, 9.17) is 5.73 Å². The number of alkyl halides is 3. The number of carbonyl (C=O) groups is 1. The second-order valence-corrected chi connectivity index (χ2v) is 7.05. The first-order valence-electron chi connectivity index (χ1n) is 7.99. The van der Waals surface area contributed by atoms with Gasteiger partial charge in [0, 0.05) is 12.1 Å². The maximum atomic E-state index is 12.8. The van der Waals surface area contributed by atoms with Gasteiger partial charge in [-0.3, -0.25) is 4.79 Å². The summed E-state index contributed by atoms with van der Waals surface area (Å²) in [7, 11) is 0. The fraction of sp³-hybridized carbons (Fsp3) is 0.933. The largest absolute Gasteiger partial charge is 0.391 e. The Kier molecular flexibility index (Phi) is 3.93. The molecule has 3 aliphatic carbocycles. The van der Waals surface area contributed by atoms with Gasteiger partial charge in [0.2, 0.25) is 5.91 Å². The first-order valence-corrected chi connectivity index (χ1v) is 7.99. The van der Waals surface area contributed by atoms with Crippen LogP contribution in [-0.4, -0.2) is 24.2 Å². The molecule has 3 fully saturated rings. The van der Waals surface area contributed by atoms with Crippen LogP contribution in [0.15, 0.2) is 0 Å². The van der Waals surface area contributed by atoms with E-state index in [1.54, 1.807) is 0 Å². The molecule has 6 unspecified atom stereocenters. The van der Waals surface area contributed by atoms with Gasteiger partial charge in [-0.25, -0.2) is 0 Å². The van der Waals surface area contributed by atoms with Crippen molar-refractivity contribution in [2.45, 2.75) is 63.2 Å². The summed E-state index contributed by atoms with van der Waals surface area (Å²) >= 11 is 0. The van der Waals surface area contributed by atoms with Gasteiger partial charge in [-0.15, -0.1) is 0 Å². The van der Waals surface area contributed by atoms with Crippen molar-refractivity contribution >= 4 is 5.91 Å². The van der Waals surface area contributed by atoms with E-state index in [0.717, 1.165) is 19.3 Å². The molecule has 2 bridgehead atoms. The second kappa shape index (κ2) is 5.45. The van der Waals surface area contributed by atoms with Crippen molar-refractivity contribution in [3.63, 3.8) is 0 Å². The van der Waals surface area contributed by atoms with E-state index in [-0.39, 0.29) is 36.8 Å². The van der Waals surface area contributed by atoms with Crippen LogP contribution in [0.4, 0.5) is 13.2 Å². The zero-order chi connectivity index (χ0) is 15.2. The Morgan fingerprint density at radius 1 is 1.05 bits per heavy atom. The molecule has 0 aromatic heterocycles. The number of nitrogens with two attached hydrogens (primary N) is 1. The minimum absolute atomic E-state index is 0.0191. The molecule has 3 aliphatic rings. The lowest BCUT2D eigenvalue weighted by atomic mass is 9.82. The third kappa shape index (κ3) is 2.91. The van der Waals surface area contributed by atoms with E-state index >= 15 is 0 Å². The molecule has 3 saturated carbocycles. The standard InChI is InChI=1S/C15H23F3N2O/c16-15(17,18)10-2-1-3-11(7-10)20-14(21)12-8-4-5-9(6-8)13(12)19/h8-13H,1-7,19H2,(H,20,21). The number of nitrogens with one attached hydrogen (secondary N) is 1. The lowest BCUT2D eigenvalue weighted by molar-refractivity contribution is -0.184. The number of hydrogen-bond donors (Lipinski definition) is 2. The number of halogens is 3. The van der Waals surface area contributed by atoms with Gasteiger partial charge in [0.15, 0.2) is 0 Å². The zero-order valence-corrected chi connectivity index (χ0v) is 12.0. The average Bonchev–Trinajstić information content (AvgIpc) is 2.98. The van der Waals surface area contributed by atoms with Gasteiger partial charge < -0.3 is 11.1 Å². The van der Waals surface area contributed by atoms with Crippen LogP contribution in [-0.2, 0) is 4.79 Å².